The molecule has 0 aromatic rings. The summed E-state index contributed by atoms with van der Waals surface area (Å²) in [4.78, 5) is 10.5. The Morgan fingerprint density at radius 2 is 1.96 bits per heavy atom. The molecule has 0 amide bonds. The summed E-state index contributed by atoms with van der Waals surface area (Å²) in [6.45, 7) is 4.02. The number of carboxylic acid groups (broad SMARTS) is 1. The number of unbranched alkanes of at least 4 members (excludes halogenated alkanes) is 3. The highest BCUT2D eigenvalue weighted by atomic mass is 16.4. The molecule has 1 rings (SSSR count). The zero-order valence-corrected chi connectivity index (χ0v) is 15.9. The second-order valence-electron chi connectivity index (χ2n) is 7.64. The fourth-order valence-electron chi connectivity index (χ4n) is 3.54. The molecule has 4 heteroatoms. The van der Waals surface area contributed by atoms with Gasteiger partial charge in [0.25, 0.3) is 0 Å². The van der Waals surface area contributed by atoms with Crippen LogP contribution < -0.4 is 0 Å². The van der Waals surface area contributed by atoms with Crippen molar-refractivity contribution in [1.29, 1.82) is 0 Å². The molecule has 0 heterocycles. The maximum atomic E-state index is 10.5. The number of allylic oxidation sites excluding steroid dienone is 3. The fraction of sp³-hybridized carbons (Fsp3) is 0.762. The molecule has 1 saturated carbocycles. The SMILES string of the molecule is CCCCC[C@](C)(O)/C=C/[C@H]1CC[C@H](O)[C@@H]1C/C=C/CCCC(=O)O. The van der Waals surface area contributed by atoms with Gasteiger partial charge in [0.1, 0.15) is 0 Å². The lowest BCUT2D eigenvalue weighted by Crippen LogP contribution is -2.22. The van der Waals surface area contributed by atoms with E-state index in [1.807, 2.05) is 19.1 Å². The van der Waals surface area contributed by atoms with Gasteiger partial charge in [-0.3, -0.25) is 4.79 Å². The van der Waals surface area contributed by atoms with Crippen molar-refractivity contribution in [2.45, 2.75) is 89.8 Å². The standard InChI is InChI=1S/C21H36O4/c1-3-4-9-15-21(2,25)16-14-17-12-13-19(22)18(17)10-7-5-6-8-11-20(23)24/h5,7,14,16-19,22,25H,3-4,6,8-13,15H2,1-2H3,(H,23,24)/b7-5+,16-14+/t17-,18-,19+,21+/m1/s1. The average Bonchev–Trinajstić information content (AvgIpc) is 2.89. The summed E-state index contributed by atoms with van der Waals surface area (Å²) in [6.07, 6.45) is 16.1. The van der Waals surface area contributed by atoms with Gasteiger partial charge in [-0.2, -0.15) is 0 Å². The Balaban J connectivity index is 2.45. The number of aliphatic hydroxyl groups is 2. The van der Waals surface area contributed by atoms with Crippen molar-refractivity contribution >= 4 is 5.97 Å². The van der Waals surface area contributed by atoms with E-state index in [2.05, 4.69) is 19.1 Å². The van der Waals surface area contributed by atoms with E-state index in [1.54, 1.807) is 0 Å². The van der Waals surface area contributed by atoms with E-state index < -0.39 is 11.6 Å². The molecule has 0 unspecified atom stereocenters. The van der Waals surface area contributed by atoms with E-state index in [0.29, 0.717) is 12.3 Å². The van der Waals surface area contributed by atoms with Crippen LogP contribution in [0.15, 0.2) is 24.3 Å². The predicted octanol–water partition coefficient (Wildman–Crippen LogP) is 4.46. The molecule has 1 aliphatic rings. The smallest absolute Gasteiger partial charge is 0.303 e. The second-order valence-corrected chi connectivity index (χ2v) is 7.64. The maximum absolute atomic E-state index is 10.5. The molecule has 4 nitrogen and oxygen atoms in total. The molecule has 0 radical (unpaired) electrons. The molecule has 25 heavy (non-hydrogen) atoms. The van der Waals surface area contributed by atoms with Crippen molar-refractivity contribution in [2.24, 2.45) is 11.8 Å². The van der Waals surface area contributed by atoms with Gasteiger partial charge < -0.3 is 15.3 Å². The third kappa shape index (κ3) is 9.22. The normalized spacial score (nSPS) is 26.5. The predicted molar refractivity (Wildman–Crippen MR) is 101 cm³/mol. The first-order valence-electron chi connectivity index (χ1n) is 9.82. The van der Waals surface area contributed by atoms with E-state index in [1.165, 1.54) is 0 Å². The Morgan fingerprint density at radius 3 is 2.64 bits per heavy atom. The molecule has 0 aromatic carbocycles. The molecule has 0 aromatic heterocycles. The van der Waals surface area contributed by atoms with Gasteiger partial charge in [-0.1, -0.05) is 50.5 Å². The highest BCUT2D eigenvalue weighted by molar-refractivity contribution is 5.66. The fourth-order valence-corrected chi connectivity index (χ4v) is 3.54. The molecule has 144 valence electrons. The van der Waals surface area contributed by atoms with Gasteiger partial charge in [-0.15, -0.1) is 0 Å². The summed E-state index contributed by atoms with van der Waals surface area (Å²) in [5.74, 6) is -0.259. The van der Waals surface area contributed by atoms with Crippen molar-refractivity contribution in [3.05, 3.63) is 24.3 Å². The van der Waals surface area contributed by atoms with Crippen LogP contribution >= 0.6 is 0 Å². The summed E-state index contributed by atoms with van der Waals surface area (Å²) < 4.78 is 0. The topological polar surface area (TPSA) is 77.8 Å². The minimum Gasteiger partial charge on any atom is -0.481 e. The highest BCUT2D eigenvalue weighted by Gasteiger charge is 2.32. The van der Waals surface area contributed by atoms with E-state index in [0.717, 1.165) is 51.4 Å². The minimum absolute atomic E-state index is 0.193. The molecule has 0 bridgehead atoms. The maximum Gasteiger partial charge on any atom is 0.303 e. The first kappa shape index (κ1) is 21.9. The molecular weight excluding hydrogens is 316 g/mol. The zero-order valence-electron chi connectivity index (χ0n) is 15.9. The lowest BCUT2D eigenvalue weighted by molar-refractivity contribution is -0.137. The number of carboxylic acids is 1. The lowest BCUT2D eigenvalue weighted by atomic mass is 9.88. The Labute approximate surface area is 152 Å². The minimum atomic E-state index is -0.764. The van der Waals surface area contributed by atoms with E-state index >= 15 is 0 Å². The lowest BCUT2D eigenvalue weighted by Gasteiger charge is -2.22. The largest absolute Gasteiger partial charge is 0.481 e. The van der Waals surface area contributed by atoms with Gasteiger partial charge in [0, 0.05) is 6.42 Å². The number of aliphatic hydroxyl groups excluding tert-OH is 1. The summed E-state index contributed by atoms with van der Waals surface area (Å²) in [5, 5.41) is 29.3. The van der Waals surface area contributed by atoms with Crippen LogP contribution in [-0.4, -0.2) is 33.0 Å². The number of rotatable bonds is 12. The van der Waals surface area contributed by atoms with Crippen LogP contribution in [-0.2, 0) is 4.79 Å². The van der Waals surface area contributed by atoms with E-state index in [4.69, 9.17) is 5.11 Å². The molecule has 0 spiro atoms. The van der Waals surface area contributed by atoms with Gasteiger partial charge in [0.05, 0.1) is 11.7 Å². The molecule has 3 N–H and O–H groups in total. The van der Waals surface area contributed by atoms with E-state index in [-0.39, 0.29) is 18.4 Å². The number of hydrogen-bond donors (Lipinski definition) is 3. The van der Waals surface area contributed by atoms with Crippen molar-refractivity contribution in [2.75, 3.05) is 0 Å². The van der Waals surface area contributed by atoms with Crippen molar-refractivity contribution < 1.29 is 20.1 Å². The first-order valence-corrected chi connectivity index (χ1v) is 9.82. The first-order chi connectivity index (χ1) is 11.9. The molecule has 1 aliphatic carbocycles. The Kier molecular flexibility index (Phi) is 10.1. The Morgan fingerprint density at radius 1 is 1.20 bits per heavy atom. The van der Waals surface area contributed by atoms with Gasteiger partial charge in [0.2, 0.25) is 0 Å². The van der Waals surface area contributed by atoms with Crippen LogP contribution in [0.25, 0.3) is 0 Å². The monoisotopic (exact) mass is 352 g/mol. The van der Waals surface area contributed by atoms with Crippen molar-refractivity contribution in [3.8, 4) is 0 Å². The van der Waals surface area contributed by atoms with E-state index in [9.17, 15) is 15.0 Å². The molecule has 0 saturated heterocycles. The van der Waals surface area contributed by atoms with Gasteiger partial charge in [-0.25, -0.2) is 0 Å². The molecule has 0 aliphatic heterocycles. The number of carbonyl (C=O) groups is 1. The van der Waals surface area contributed by atoms with Crippen LogP contribution in [0.2, 0.25) is 0 Å². The van der Waals surface area contributed by atoms with Crippen molar-refractivity contribution in [1.82, 2.24) is 0 Å². The molecule has 1 fully saturated rings. The summed E-state index contributed by atoms with van der Waals surface area (Å²) in [7, 11) is 0. The Bertz CT molecular complexity index is 439. The van der Waals surface area contributed by atoms with Crippen LogP contribution in [0.4, 0.5) is 0 Å². The van der Waals surface area contributed by atoms with Crippen LogP contribution in [0.5, 0.6) is 0 Å². The van der Waals surface area contributed by atoms with Crippen LogP contribution in [0.3, 0.4) is 0 Å². The van der Waals surface area contributed by atoms with Gasteiger partial charge >= 0.3 is 5.97 Å². The average molecular weight is 353 g/mol. The van der Waals surface area contributed by atoms with Gasteiger partial charge in [-0.05, 0) is 57.3 Å². The quantitative estimate of drug-likeness (QED) is 0.358. The molecular formula is C21H36O4. The van der Waals surface area contributed by atoms with Gasteiger partial charge in [0.15, 0.2) is 0 Å². The van der Waals surface area contributed by atoms with Crippen LogP contribution in [0, 0.1) is 11.8 Å². The highest BCUT2D eigenvalue weighted by Crippen LogP contribution is 2.36. The van der Waals surface area contributed by atoms with Crippen LogP contribution in [0.1, 0.15) is 78.1 Å². The summed E-state index contributed by atoms with van der Waals surface area (Å²) in [6, 6.07) is 0. The third-order valence-electron chi connectivity index (χ3n) is 5.17. The number of aliphatic carboxylic acids is 1. The summed E-state index contributed by atoms with van der Waals surface area (Å²) in [5.41, 5.74) is -0.764. The van der Waals surface area contributed by atoms with Crippen molar-refractivity contribution in [3.63, 3.8) is 0 Å². The molecule has 4 atom stereocenters. The second kappa shape index (κ2) is 11.5. The summed E-state index contributed by atoms with van der Waals surface area (Å²) >= 11 is 0. The number of hydrogen-bond acceptors (Lipinski definition) is 3. The zero-order chi connectivity index (χ0) is 18.7. The third-order valence-corrected chi connectivity index (χ3v) is 5.17. The Hall–Kier alpha value is -1.13.